The molecule has 2 atom stereocenters. The summed E-state index contributed by atoms with van der Waals surface area (Å²) in [5, 5.41) is 3.37. The van der Waals surface area contributed by atoms with Crippen LogP contribution in [0.15, 0.2) is 0 Å². The van der Waals surface area contributed by atoms with Crippen LogP contribution in [0.4, 0.5) is 0 Å². The monoisotopic (exact) mass is 240 g/mol. The first kappa shape index (κ1) is 12.8. The molecule has 0 spiro atoms. The van der Waals surface area contributed by atoms with Crippen molar-refractivity contribution in [3.8, 4) is 0 Å². The van der Waals surface area contributed by atoms with Crippen molar-refractivity contribution in [1.82, 2.24) is 10.2 Å². The van der Waals surface area contributed by atoms with E-state index in [1.807, 2.05) is 4.90 Å². The van der Waals surface area contributed by atoms with Gasteiger partial charge in [0, 0.05) is 19.7 Å². The van der Waals surface area contributed by atoms with Crippen LogP contribution in [0.5, 0.6) is 0 Å². The van der Waals surface area contributed by atoms with Gasteiger partial charge in [-0.3, -0.25) is 4.79 Å². The van der Waals surface area contributed by atoms with E-state index in [4.69, 9.17) is 4.74 Å². The topological polar surface area (TPSA) is 41.6 Å². The van der Waals surface area contributed by atoms with Gasteiger partial charge in [0.05, 0.1) is 12.6 Å². The van der Waals surface area contributed by atoms with E-state index in [1.165, 1.54) is 12.8 Å². The standard InChI is InChI=1S/C13H24N2O2/c1-2-11-4-5-14-12(10-11)13(16)15-6-3-8-17-9-7-15/h11-12,14H,2-10H2,1H3. The largest absolute Gasteiger partial charge is 0.380 e. The van der Waals surface area contributed by atoms with Crippen molar-refractivity contribution in [2.75, 3.05) is 32.8 Å². The lowest BCUT2D eigenvalue weighted by molar-refractivity contribution is -0.134. The van der Waals surface area contributed by atoms with Gasteiger partial charge in [0.2, 0.25) is 5.91 Å². The average Bonchev–Trinajstić information content (AvgIpc) is 2.67. The molecule has 0 aromatic heterocycles. The molecule has 0 radical (unpaired) electrons. The van der Waals surface area contributed by atoms with E-state index in [0.29, 0.717) is 12.5 Å². The Bertz CT molecular complexity index is 250. The third kappa shape index (κ3) is 3.42. The fourth-order valence-electron chi connectivity index (χ4n) is 2.74. The van der Waals surface area contributed by atoms with E-state index >= 15 is 0 Å². The van der Waals surface area contributed by atoms with Crippen LogP contribution < -0.4 is 5.32 Å². The third-order valence-electron chi connectivity index (χ3n) is 3.92. The van der Waals surface area contributed by atoms with Crippen LogP contribution in [-0.4, -0.2) is 49.7 Å². The van der Waals surface area contributed by atoms with Crippen LogP contribution >= 0.6 is 0 Å². The van der Waals surface area contributed by atoms with Crippen molar-refractivity contribution in [3.05, 3.63) is 0 Å². The van der Waals surface area contributed by atoms with Crippen LogP contribution in [-0.2, 0) is 9.53 Å². The molecule has 2 unspecified atom stereocenters. The first-order valence-corrected chi connectivity index (χ1v) is 6.91. The molecule has 2 rings (SSSR count). The van der Waals surface area contributed by atoms with Gasteiger partial charge in [-0.05, 0) is 31.7 Å². The number of nitrogens with one attached hydrogen (secondary N) is 1. The van der Waals surface area contributed by atoms with Gasteiger partial charge in [0.25, 0.3) is 0 Å². The average molecular weight is 240 g/mol. The van der Waals surface area contributed by atoms with E-state index < -0.39 is 0 Å². The molecule has 0 saturated carbocycles. The Hall–Kier alpha value is -0.610. The predicted octanol–water partition coefficient (Wildman–Crippen LogP) is 1.01. The van der Waals surface area contributed by atoms with Gasteiger partial charge in [0.1, 0.15) is 0 Å². The Kier molecular flexibility index (Phi) is 4.80. The fraction of sp³-hybridized carbons (Fsp3) is 0.923. The van der Waals surface area contributed by atoms with Crippen LogP contribution in [0.1, 0.15) is 32.6 Å². The number of amides is 1. The van der Waals surface area contributed by atoms with Gasteiger partial charge < -0.3 is 15.0 Å². The Morgan fingerprint density at radius 1 is 1.41 bits per heavy atom. The summed E-state index contributed by atoms with van der Waals surface area (Å²) in [5.41, 5.74) is 0. The molecule has 2 aliphatic rings. The van der Waals surface area contributed by atoms with Gasteiger partial charge >= 0.3 is 0 Å². The molecular weight excluding hydrogens is 216 g/mol. The van der Waals surface area contributed by atoms with E-state index in [2.05, 4.69) is 12.2 Å². The summed E-state index contributed by atoms with van der Waals surface area (Å²) in [4.78, 5) is 14.4. The number of nitrogens with zero attached hydrogens (tertiary/aromatic N) is 1. The van der Waals surface area contributed by atoms with Crippen molar-refractivity contribution in [2.45, 2.75) is 38.6 Å². The molecule has 4 heteroatoms. The summed E-state index contributed by atoms with van der Waals surface area (Å²) in [6.45, 7) is 6.30. The van der Waals surface area contributed by atoms with Gasteiger partial charge in [-0.2, -0.15) is 0 Å². The second kappa shape index (κ2) is 6.36. The molecule has 4 nitrogen and oxygen atoms in total. The van der Waals surface area contributed by atoms with Crippen molar-refractivity contribution in [3.63, 3.8) is 0 Å². The first-order chi connectivity index (χ1) is 8.31. The molecule has 2 heterocycles. The summed E-state index contributed by atoms with van der Waals surface area (Å²) in [6, 6.07) is 0.0480. The maximum atomic E-state index is 12.4. The van der Waals surface area contributed by atoms with Gasteiger partial charge in [-0.25, -0.2) is 0 Å². The number of hydrogen-bond donors (Lipinski definition) is 1. The van der Waals surface area contributed by atoms with Crippen LogP contribution in [0.3, 0.4) is 0 Å². The molecule has 98 valence electrons. The van der Waals surface area contributed by atoms with Crippen molar-refractivity contribution < 1.29 is 9.53 Å². The van der Waals surface area contributed by atoms with Crippen molar-refractivity contribution >= 4 is 5.91 Å². The number of ether oxygens (including phenoxy) is 1. The zero-order chi connectivity index (χ0) is 12.1. The van der Waals surface area contributed by atoms with Gasteiger partial charge in [-0.15, -0.1) is 0 Å². The Morgan fingerprint density at radius 3 is 3.12 bits per heavy atom. The summed E-state index contributed by atoms with van der Waals surface area (Å²) >= 11 is 0. The molecule has 0 aromatic rings. The second-order valence-electron chi connectivity index (χ2n) is 5.10. The van der Waals surface area contributed by atoms with Crippen LogP contribution in [0.2, 0.25) is 0 Å². The number of rotatable bonds is 2. The molecule has 1 amide bonds. The van der Waals surface area contributed by atoms with Crippen LogP contribution in [0, 0.1) is 5.92 Å². The second-order valence-corrected chi connectivity index (χ2v) is 5.10. The highest BCUT2D eigenvalue weighted by Crippen LogP contribution is 2.20. The maximum absolute atomic E-state index is 12.4. The Morgan fingerprint density at radius 2 is 2.29 bits per heavy atom. The molecule has 0 aliphatic carbocycles. The predicted molar refractivity (Wildman–Crippen MR) is 66.8 cm³/mol. The van der Waals surface area contributed by atoms with Gasteiger partial charge in [0.15, 0.2) is 0 Å². The van der Waals surface area contributed by atoms with E-state index in [-0.39, 0.29) is 11.9 Å². The third-order valence-corrected chi connectivity index (χ3v) is 3.92. The highest BCUT2D eigenvalue weighted by atomic mass is 16.5. The molecule has 0 bridgehead atoms. The van der Waals surface area contributed by atoms with Crippen LogP contribution in [0.25, 0.3) is 0 Å². The fourth-order valence-corrected chi connectivity index (χ4v) is 2.74. The first-order valence-electron chi connectivity index (χ1n) is 6.91. The zero-order valence-corrected chi connectivity index (χ0v) is 10.8. The number of carbonyl (C=O) groups excluding carboxylic acids is 1. The van der Waals surface area contributed by atoms with Crippen molar-refractivity contribution in [1.29, 1.82) is 0 Å². The number of hydrogen-bond acceptors (Lipinski definition) is 3. The van der Waals surface area contributed by atoms with Gasteiger partial charge in [-0.1, -0.05) is 13.3 Å². The summed E-state index contributed by atoms with van der Waals surface area (Å²) < 4.78 is 5.39. The minimum absolute atomic E-state index is 0.0480. The lowest BCUT2D eigenvalue weighted by atomic mass is 9.90. The highest BCUT2D eigenvalue weighted by molar-refractivity contribution is 5.82. The molecular formula is C13H24N2O2. The lowest BCUT2D eigenvalue weighted by Gasteiger charge is -2.32. The molecule has 1 N–H and O–H groups in total. The SMILES string of the molecule is CCC1CCNC(C(=O)N2CCCOCC2)C1. The van der Waals surface area contributed by atoms with Crippen molar-refractivity contribution in [2.24, 2.45) is 5.92 Å². The Balaban J connectivity index is 1.89. The number of carbonyl (C=O) groups is 1. The Labute approximate surface area is 104 Å². The molecule has 2 aliphatic heterocycles. The molecule has 17 heavy (non-hydrogen) atoms. The van der Waals surface area contributed by atoms with E-state index in [9.17, 15) is 4.79 Å². The number of piperidine rings is 1. The van der Waals surface area contributed by atoms with E-state index in [0.717, 1.165) is 39.1 Å². The maximum Gasteiger partial charge on any atom is 0.239 e. The smallest absolute Gasteiger partial charge is 0.239 e. The lowest BCUT2D eigenvalue weighted by Crippen LogP contribution is -2.50. The summed E-state index contributed by atoms with van der Waals surface area (Å²) in [5.74, 6) is 1.00. The summed E-state index contributed by atoms with van der Waals surface area (Å²) in [6.07, 6.45) is 4.38. The highest BCUT2D eigenvalue weighted by Gasteiger charge is 2.29. The quantitative estimate of drug-likeness (QED) is 0.783. The minimum atomic E-state index is 0.0480. The summed E-state index contributed by atoms with van der Waals surface area (Å²) in [7, 11) is 0. The zero-order valence-electron chi connectivity index (χ0n) is 10.8. The molecule has 2 saturated heterocycles. The molecule has 0 aromatic carbocycles. The molecule has 2 fully saturated rings. The van der Waals surface area contributed by atoms with E-state index in [1.54, 1.807) is 0 Å². The minimum Gasteiger partial charge on any atom is -0.380 e. The normalized spacial score (nSPS) is 31.0.